The minimum Gasteiger partial charge on any atom is -0.391 e. The van der Waals surface area contributed by atoms with E-state index < -0.39 is 0 Å². The highest BCUT2D eigenvalue weighted by Gasteiger charge is 2.29. The second-order valence-corrected chi connectivity index (χ2v) is 6.67. The standard InChI is InChI=1S/C14H15NOS2/c16-8-12-14(10-6-7-10)15-13(18-12)9-17-11-4-2-1-3-5-11/h1-5,10,16H,6-9H2. The van der Waals surface area contributed by atoms with Crippen LogP contribution in [0.2, 0.25) is 0 Å². The molecule has 0 aliphatic heterocycles. The molecule has 0 spiro atoms. The Hall–Kier alpha value is -0.840. The van der Waals surface area contributed by atoms with E-state index in [2.05, 4.69) is 24.3 Å². The number of thiazole rings is 1. The lowest BCUT2D eigenvalue weighted by Gasteiger charge is -1.97. The smallest absolute Gasteiger partial charge is 0.103 e. The van der Waals surface area contributed by atoms with Gasteiger partial charge in [-0.1, -0.05) is 18.2 Å². The predicted octanol–water partition coefficient (Wildman–Crippen LogP) is 3.81. The topological polar surface area (TPSA) is 33.1 Å². The van der Waals surface area contributed by atoms with Gasteiger partial charge in [0.15, 0.2) is 0 Å². The van der Waals surface area contributed by atoms with Crippen molar-refractivity contribution in [2.24, 2.45) is 0 Å². The van der Waals surface area contributed by atoms with Crippen molar-refractivity contribution in [2.75, 3.05) is 0 Å². The fraction of sp³-hybridized carbons (Fsp3) is 0.357. The molecule has 1 saturated carbocycles. The summed E-state index contributed by atoms with van der Waals surface area (Å²) in [5, 5.41) is 10.5. The molecule has 1 N–H and O–H groups in total. The van der Waals surface area contributed by atoms with Crippen LogP contribution in [0, 0.1) is 0 Å². The number of hydrogen-bond donors (Lipinski definition) is 1. The molecule has 0 atom stereocenters. The van der Waals surface area contributed by atoms with Gasteiger partial charge in [-0.05, 0) is 25.0 Å². The first-order valence-electron chi connectivity index (χ1n) is 6.14. The molecule has 18 heavy (non-hydrogen) atoms. The van der Waals surface area contributed by atoms with Crippen molar-refractivity contribution in [3.05, 3.63) is 45.9 Å². The lowest BCUT2D eigenvalue weighted by molar-refractivity contribution is 0.284. The summed E-state index contributed by atoms with van der Waals surface area (Å²) in [6.07, 6.45) is 2.48. The van der Waals surface area contributed by atoms with E-state index >= 15 is 0 Å². The van der Waals surface area contributed by atoms with Crippen molar-refractivity contribution >= 4 is 23.1 Å². The summed E-state index contributed by atoms with van der Waals surface area (Å²) in [7, 11) is 0. The van der Waals surface area contributed by atoms with Crippen molar-refractivity contribution in [3.8, 4) is 0 Å². The highest BCUT2D eigenvalue weighted by Crippen LogP contribution is 2.43. The third-order valence-corrected chi connectivity index (χ3v) is 5.25. The van der Waals surface area contributed by atoms with Crippen LogP contribution >= 0.6 is 23.1 Å². The SMILES string of the molecule is OCc1sc(CSc2ccccc2)nc1C1CC1. The number of thioether (sulfide) groups is 1. The van der Waals surface area contributed by atoms with Gasteiger partial charge in [0.05, 0.1) is 22.9 Å². The van der Waals surface area contributed by atoms with Crippen molar-refractivity contribution in [1.29, 1.82) is 0 Å². The van der Waals surface area contributed by atoms with E-state index in [9.17, 15) is 5.11 Å². The summed E-state index contributed by atoms with van der Waals surface area (Å²) in [6.45, 7) is 0.138. The van der Waals surface area contributed by atoms with Gasteiger partial charge in [0.25, 0.3) is 0 Å². The van der Waals surface area contributed by atoms with Crippen molar-refractivity contribution < 1.29 is 5.11 Å². The largest absolute Gasteiger partial charge is 0.391 e. The monoisotopic (exact) mass is 277 g/mol. The fourth-order valence-electron chi connectivity index (χ4n) is 1.93. The predicted molar refractivity (Wildman–Crippen MR) is 76.0 cm³/mol. The van der Waals surface area contributed by atoms with Crippen LogP contribution in [-0.2, 0) is 12.4 Å². The zero-order valence-electron chi connectivity index (χ0n) is 10.0. The molecule has 1 aliphatic rings. The molecule has 1 aromatic carbocycles. The molecule has 0 unspecified atom stereocenters. The molecule has 94 valence electrons. The lowest BCUT2D eigenvalue weighted by atomic mass is 10.2. The Morgan fingerprint density at radius 2 is 2.06 bits per heavy atom. The molecule has 1 heterocycles. The molecule has 2 nitrogen and oxygen atoms in total. The molecule has 0 amide bonds. The van der Waals surface area contributed by atoms with Gasteiger partial charge in [0.2, 0.25) is 0 Å². The normalized spacial score (nSPS) is 14.9. The van der Waals surface area contributed by atoms with Gasteiger partial charge in [0, 0.05) is 10.8 Å². The summed E-state index contributed by atoms with van der Waals surface area (Å²) in [5.74, 6) is 1.52. The summed E-state index contributed by atoms with van der Waals surface area (Å²) in [6, 6.07) is 10.4. The Morgan fingerprint density at radius 3 is 2.72 bits per heavy atom. The van der Waals surface area contributed by atoms with Gasteiger partial charge in [-0.3, -0.25) is 0 Å². The molecule has 2 aromatic rings. The molecule has 0 radical (unpaired) electrons. The van der Waals surface area contributed by atoms with Gasteiger partial charge >= 0.3 is 0 Å². The maximum atomic E-state index is 9.36. The van der Waals surface area contributed by atoms with E-state index in [1.807, 2.05) is 6.07 Å². The average Bonchev–Trinajstić information content (AvgIpc) is 3.18. The third kappa shape index (κ3) is 2.76. The summed E-state index contributed by atoms with van der Waals surface area (Å²) in [5.41, 5.74) is 1.16. The number of rotatable bonds is 5. The van der Waals surface area contributed by atoms with Crippen LogP contribution in [0.1, 0.15) is 34.3 Å². The van der Waals surface area contributed by atoms with Crippen LogP contribution in [0.25, 0.3) is 0 Å². The summed E-state index contributed by atoms with van der Waals surface area (Å²) in [4.78, 5) is 7.04. The highest BCUT2D eigenvalue weighted by molar-refractivity contribution is 7.98. The second-order valence-electron chi connectivity index (χ2n) is 4.45. The first kappa shape index (κ1) is 12.2. The Morgan fingerprint density at radius 1 is 1.28 bits per heavy atom. The maximum absolute atomic E-state index is 9.36. The Bertz CT molecular complexity index is 520. The van der Waals surface area contributed by atoms with Crippen molar-refractivity contribution in [1.82, 2.24) is 4.98 Å². The zero-order valence-corrected chi connectivity index (χ0v) is 11.6. The van der Waals surface area contributed by atoms with Crippen LogP contribution in [0.5, 0.6) is 0 Å². The Kier molecular flexibility index (Phi) is 3.68. The number of aliphatic hydroxyl groups is 1. The fourth-order valence-corrected chi connectivity index (χ4v) is 3.85. The zero-order chi connectivity index (χ0) is 12.4. The van der Waals surface area contributed by atoms with Crippen LogP contribution in [0.4, 0.5) is 0 Å². The molecule has 0 bridgehead atoms. The van der Waals surface area contributed by atoms with Gasteiger partial charge in [0.1, 0.15) is 5.01 Å². The lowest BCUT2D eigenvalue weighted by Crippen LogP contribution is -1.87. The van der Waals surface area contributed by atoms with Gasteiger partial charge in [-0.15, -0.1) is 23.1 Å². The van der Waals surface area contributed by atoms with E-state index in [0.717, 1.165) is 21.3 Å². The van der Waals surface area contributed by atoms with E-state index in [1.165, 1.54) is 17.7 Å². The molecule has 0 saturated heterocycles. The van der Waals surface area contributed by atoms with Crippen LogP contribution in [0.15, 0.2) is 35.2 Å². The summed E-state index contributed by atoms with van der Waals surface area (Å²) < 4.78 is 0. The number of hydrogen-bond acceptors (Lipinski definition) is 4. The van der Waals surface area contributed by atoms with E-state index in [4.69, 9.17) is 4.98 Å². The van der Waals surface area contributed by atoms with E-state index in [1.54, 1.807) is 23.1 Å². The second kappa shape index (κ2) is 5.43. The van der Waals surface area contributed by atoms with Crippen LogP contribution in [-0.4, -0.2) is 10.1 Å². The Balaban J connectivity index is 1.69. The van der Waals surface area contributed by atoms with E-state index in [-0.39, 0.29) is 6.61 Å². The first-order chi connectivity index (χ1) is 8.86. The van der Waals surface area contributed by atoms with Gasteiger partial charge < -0.3 is 5.11 Å². The number of benzene rings is 1. The summed E-state index contributed by atoms with van der Waals surface area (Å²) >= 11 is 3.47. The van der Waals surface area contributed by atoms with Crippen LogP contribution < -0.4 is 0 Å². The molecule has 3 rings (SSSR count). The highest BCUT2D eigenvalue weighted by atomic mass is 32.2. The third-order valence-electron chi connectivity index (χ3n) is 2.99. The van der Waals surface area contributed by atoms with Crippen LogP contribution in [0.3, 0.4) is 0 Å². The molecular formula is C14H15NOS2. The van der Waals surface area contributed by atoms with Crippen molar-refractivity contribution in [2.45, 2.75) is 36.0 Å². The minimum atomic E-state index is 0.138. The van der Waals surface area contributed by atoms with Crippen molar-refractivity contribution in [3.63, 3.8) is 0 Å². The quantitative estimate of drug-likeness (QED) is 0.844. The number of nitrogens with zero attached hydrogens (tertiary/aromatic N) is 1. The number of aromatic nitrogens is 1. The Labute approximate surface area is 115 Å². The molecular weight excluding hydrogens is 262 g/mol. The van der Waals surface area contributed by atoms with Gasteiger partial charge in [-0.2, -0.15) is 0 Å². The number of aliphatic hydroxyl groups excluding tert-OH is 1. The molecule has 1 fully saturated rings. The van der Waals surface area contributed by atoms with Gasteiger partial charge in [-0.25, -0.2) is 4.98 Å². The molecule has 1 aliphatic carbocycles. The molecule has 4 heteroatoms. The maximum Gasteiger partial charge on any atom is 0.103 e. The first-order valence-corrected chi connectivity index (χ1v) is 7.94. The minimum absolute atomic E-state index is 0.138. The average molecular weight is 277 g/mol. The molecule has 1 aromatic heterocycles. The van der Waals surface area contributed by atoms with E-state index in [0.29, 0.717) is 5.92 Å².